The van der Waals surface area contributed by atoms with Crippen molar-refractivity contribution in [2.24, 2.45) is 0 Å². The van der Waals surface area contributed by atoms with E-state index in [1.54, 1.807) is 13.0 Å². The standard InChI is InChI=1S/C17H14ClF3N3O3P/c1-2-26-28(25,24-13-5-3-4-12(19)10-13)14-8-6-11(7-9-14)15-22-16(27-23-15)17(18,20)21/h3-10H,2H2,1H3,(H,24,25). The zero-order valence-electron chi connectivity index (χ0n) is 14.4. The summed E-state index contributed by atoms with van der Waals surface area (Å²) in [7, 11) is -3.57. The number of alkyl halides is 3. The highest BCUT2D eigenvalue weighted by Gasteiger charge is 2.35. The highest BCUT2D eigenvalue weighted by Crippen LogP contribution is 2.45. The van der Waals surface area contributed by atoms with Crippen LogP contribution in [0.1, 0.15) is 12.8 Å². The van der Waals surface area contributed by atoms with Crippen molar-refractivity contribution >= 4 is 30.1 Å². The number of hydrogen-bond acceptors (Lipinski definition) is 5. The Morgan fingerprint density at radius 2 is 1.96 bits per heavy atom. The molecule has 0 radical (unpaired) electrons. The fourth-order valence-corrected chi connectivity index (χ4v) is 4.15. The lowest BCUT2D eigenvalue weighted by Crippen LogP contribution is -2.14. The van der Waals surface area contributed by atoms with Crippen LogP contribution in [-0.4, -0.2) is 16.7 Å². The lowest BCUT2D eigenvalue weighted by molar-refractivity contribution is 0.0551. The van der Waals surface area contributed by atoms with Gasteiger partial charge in [0.25, 0.3) is 0 Å². The second kappa shape index (κ2) is 7.95. The summed E-state index contributed by atoms with van der Waals surface area (Å²) < 4.78 is 62.5. The van der Waals surface area contributed by atoms with Crippen molar-refractivity contribution < 1.29 is 26.8 Å². The Bertz CT molecular complexity index is 1010. The molecule has 0 aliphatic heterocycles. The summed E-state index contributed by atoms with van der Waals surface area (Å²) in [5.41, 5.74) is 0.626. The summed E-state index contributed by atoms with van der Waals surface area (Å²) >= 11 is 4.85. The van der Waals surface area contributed by atoms with Crippen molar-refractivity contribution in [1.29, 1.82) is 0 Å². The molecule has 148 valence electrons. The van der Waals surface area contributed by atoms with Gasteiger partial charge in [0, 0.05) is 11.3 Å². The number of anilines is 1. The van der Waals surface area contributed by atoms with Crippen molar-refractivity contribution in [3.63, 3.8) is 0 Å². The number of nitrogens with one attached hydrogen (secondary N) is 1. The van der Waals surface area contributed by atoms with Gasteiger partial charge >= 0.3 is 18.8 Å². The smallest absolute Gasteiger partial charge is 0.331 e. The highest BCUT2D eigenvalue weighted by molar-refractivity contribution is 7.68. The third-order valence-corrected chi connectivity index (χ3v) is 5.86. The van der Waals surface area contributed by atoms with Crippen LogP contribution in [0, 0.1) is 5.82 Å². The quantitative estimate of drug-likeness (QED) is 0.413. The Balaban J connectivity index is 1.88. The van der Waals surface area contributed by atoms with Gasteiger partial charge < -0.3 is 14.1 Å². The first-order valence-electron chi connectivity index (χ1n) is 8.01. The predicted molar refractivity (Wildman–Crippen MR) is 98.4 cm³/mol. The molecule has 1 N–H and O–H groups in total. The monoisotopic (exact) mass is 431 g/mol. The molecule has 3 aromatic rings. The number of nitrogens with zero attached hydrogens (tertiary/aromatic N) is 2. The zero-order chi connectivity index (χ0) is 20.4. The van der Waals surface area contributed by atoms with E-state index in [-0.39, 0.29) is 23.4 Å². The molecule has 1 atom stereocenters. The van der Waals surface area contributed by atoms with Crippen molar-refractivity contribution in [1.82, 2.24) is 10.1 Å². The maximum absolute atomic E-state index is 13.4. The molecule has 0 saturated heterocycles. The summed E-state index contributed by atoms with van der Waals surface area (Å²) in [6.07, 6.45) is 0. The van der Waals surface area contributed by atoms with Gasteiger partial charge in [-0.2, -0.15) is 13.8 Å². The molecule has 0 amide bonds. The fourth-order valence-electron chi connectivity index (χ4n) is 2.34. The van der Waals surface area contributed by atoms with Gasteiger partial charge in [-0.3, -0.25) is 4.57 Å². The fraction of sp³-hybridized carbons (Fsp3) is 0.176. The van der Waals surface area contributed by atoms with Crippen LogP contribution < -0.4 is 10.4 Å². The molecule has 1 heterocycles. The van der Waals surface area contributed by atoms with E-state index in [9.17, 15) is 17.7 Å². The lowest BCUT2D eigenvalue weighted by Gasteiger charge is -2.20. The number of aromatic nitrogens is 2. The van der Waals surface area contributed by atoms with Gasteiger partial charge in [-0.1, -0.05) is 23.4 Å². The van der Waals surface area contributed by atoms with Gasteiger partial charge in [0.05, 0.1) is 11.9 Å². The highest BCUT2D eigenvalue weighted by atomic mass is 35.5. The first kappa shape index (κ1) is 20.4. The van der Waals surface area contributed by atoms with Crippen LogP contribution in [0.15, 0.2) is 53.1 Å². The van der Waals surface area contributed by atoms with Gasteiger partial charge in [0.15, 0.2) is 0 Å². The Hall–Kier alpha value is -2.35. The van der Waals surface area contributed by atoms with Crippen LogP contribution in [0.3, 0.4) is 0 Å². The Kier molecular flexibility index (Phi) is 5.79. The lowest BCUT2D eigenvalue weighted by atomic mass is 10.2. The molecular formula is C17H14ClF3N3O3P. The summed E-state index contributed by atoms with van der Waals surface area (Å²) in [5.74, 6) is -1.63. The van der Waals surface area contributed by atoms with Crippen molar-refractivity contribution in [2.45, 2.75) is 12.3 Å². The van der Waals surface area contributed by atoms with Crippen LogP contribution >= 0.6 is 19.1 Å². The van der Waals surface area contributed by atoms with E-state index >= 15 is 0 Å². The molecule has 0 aliphatic rings. The van der Waals surface area contributed by atoms with E-state index in [2.05, 4.69) is 19.8 Å². The van der Waals surface area contributed by atoms with E-state index < -0.39 is 24.6 Å². The predicted octanol–water partition coefficient (Wildman–Crippen LogP) is 5.13. The maximum Gasteiger partial charge on any atom is 0.400 e. The normalized spacial score (nSPS) is 13.9. The van der Waals surface area contributed by atoms with Crippen molar-refractivity contribution in [3.05, 3.63) is 60.2 Å². The molecule has 0 saturated carbocycles. The Morgan fingerprint density at radius 3 is 2.54 bits per heavy atom. The van der Waals surface area contributed by atoms with Crippen LogP contribution in [0.5, 0.6) is 0 Å². The third kappa shape index (κ3) is 4.55. The van der Waals surface area contributed by atoms with E-state index in [1.165, 1.54) is 42.5 Å². The number of rotatable bonds is 7. The topological polar surface area (TPSA) is 77.2 Å². The van der Waals surface area contributed by atoms with Gasteiger partial charge in [0.1, 0.15) is 5.82 Å². The molecule has 1 unspecified atom stereocenters. The molecule has 6 nitrogen and oxygen atoms in total. The second-order valence-electron chi connectivity index (χ2n) is 5.56. The van der Waals surface area contributed by atoms with Gasteiger partial charge in [-0.25, -0.2) is 4.39 Å². The summed E-state index contributed by atoms with van der Waals surface area (Å²) in [6.45, 7) is 1.81. The largest absolute Gasteiger partial charge is 0.400 e. The van der Waals surface area contributed by atoms with E-state index in [0.717, 1.165) is 0 Å². The number of benzene rings is 2. The second-order valence-corrected chi connectivity index (χ2v) is 8.14. The van der Waals surface area contributed by atoms with E-state index in [1.807, 2.05) is 0 Å². The minimum atomic E-state index is -3.77. The average molecular weight is 432 g/mol. The van der Waals surface area contributed by atoms with Gasteiger partial charge in [0.2, 0.25) is 5.82 Å². The van der Waals surface area contributed by atoms with Crippen LogP contribution in [-0.2, 0) is 14.5 Å². The molecule has 11 heteroatoms. The molecule has 28 heavy (non-hydrogen) atoms. The summed E-state index contributed by atoms with van der Waals surface area (Å²) in [6, 6.07) is 11.3. The van der Waals surface area contributed by atoms with E-state index in [0.29, 0.717) is 5.56 Å². The molecule has 0 bridgehead atoms. The molecule has 0 fully saturated rings. The summed E-state index contributed by atoms with van der Waals surface area (Å²) in [5, 5.41) is 2.69. The van der Waals surface area contributed by atoms with E-state index in [4.69, 9.17) is 16.1 Å². The average Bonchev–Trinajstić information content (AvgIpc) is 3.12. The Labute approximate surface area is 163 Å². The maximum atomic E-state index is 13.4. The molecule has 0 aliphatic carbocycles. The number of hydrogen-bond donors (Lipinski definition) is 1. The summed E-state index contributed by atoms with van der Waals surface area (Å²) in [4.78, 5) is 3.54. The number of halogens is 4. The van der Waals surface area contributed by atoms with Gasteiger partial charge in [-0.05, 0) is 48.9 Å². The minimum Gasteiger partial charge on any atom is -0.331 e. The SMILES string of the molecule is CCOP(=O)(Nc1cccc(F)c1)c1ccc(-c2noc(C(F)(F)Cl)n2)cc1. The first-order valence-corrected chi connectivity index (χ1v) is 10.0. The van der Waals surface area contributed by atoms with Crippen molar-refractivity contribution in [3.8, 4) is 11.4 Å². The molecular weight excluding hydrogens is 418 g/mol. The minimum absolute atomic E-state index is 0.105. The molecule has 2 aromatic carbocycles. The van der Waals surface area contributed by atoms with Gasteiger partial charge in [-0.15, -0.1) is 0 Å². The zero-order valence-corrected chi connectivity index (χ0v) is 16.1. The first-order chi connectivity index (χ1) is 13.2. The van der Waals surface area contributed by atoms with Crippen LogP contribution in [0.25, 0.3) is 11.4 Å². The third-order valence-electron chi connectivity index (χ3n) is 3.55. The molecule has 3 rings (SSSR count). The molecule has 1 aromatic heterocycles. The Morgan fingerprint density at radius 1 is 1.25 bits per heavy atom. The van der Waals surface area contributed by atoms with Crippen LogP contribution in [0.2, 0.25) is 0 Å². The van der Waals surface area contributed by atoms with Crippen LogP contribution in [0.4, 0.5) is 18.9 Å². The van der Waals surface area contributed by atoms with Crippen molar-refractivity contribution in [2.75, 3.05) is 11.7 Å². The molecule has 0 spiro atoms.